The van der Waals surface area contributed by atoms with E-state index in [2.05, 4.69) is 0 Å². The van der Waals surface area contributed by atoms with Crippen LogP contribution in [0.4, 0.5) is 0 Å². The van der Waals surface area contributed by atoms with Crippen molar-refractivity contribution in [2.45, 2.75) is 30.5 Å². The van der Waals surface area contributed by atoms with Gasteiger partial charge in [-0.25, -0.2) is 9.59 Å². The molecule has 2 aliphatic rings. The van der Waals surface area contributed by atoms with Gasteiger partial charge in [-0.2, -0.15) is 0 Å². The summed E-state index contributed by atoms with van der Waals surface area (Å²) in [6, 6.07) is 2.58. The molecule has 1 saturated heterocycles. The molecule has 4 rings (SSSR count). The molecule has 2 aliphatic heterocycles. The van der Waals surface area contributed by atoms with Crippen LogP contribution < -0.4 is 4.74 Å². The Labute approximate surface area is 190 Å². The average molecular weight is 480 g/mol. The van der Waals surface area contributed by atoms with E-state index < -0.39 is 83.4 Å². The van der Waals surface area contributed by atoms with Crippen LogP contribution in [-0.4, -0.2) is 85.8 Å². The van der Waals surface area contributed by atoms with E-state index in [0.29, 0.717) is 0 Å². The lowest BCUT2D eigenvalue weighted by Gasteiger charge is -2.45. The number of aromatic hydroxyl groups is 5. The number of methoxy groups -OCH3 is 1. The molecule has 0 unspecified atom stereocenters. The van der Waals surface area contributed by atoms with E-state index in [9.17, 15) is 45.3 Å². The second kappa shape index (κ2) is 8.44. The van der Waals surface area contributed by atoms with Gasteiger partial charge in [-0.1, -0.05) is 0 Å². The highest BCUT2D eigenvalue weighted by atomic mass is 16.6. The number of benzene rings is 2. The first-order valence-electron chi connectivity index (χ1n) is 9.83. The van der Waals surface area contributed by atoms with Gasteiger partial charge in [-0.3, -0.25) is 0 Å². The van der Waals surface area contributed by atoms with E-state index in [0.717, 1.165) is 25.3 Å². The molecular formula is C21H20O13. The first kappa shape index (κ1) is 23.2. The lowest BCUT2D eigenvalue weighted by atomic mass is 9.86. The first-order valence-corrected chi connectivity index (χ1v) is 9.83. The largest absolute Gasteiger partial charge is 0.504 e. The summed E-state index contributed by atoms with van der Waals surface area (Å²) in [5.41, 5.74) is -0.869. The normalized spacial score (nSPS) is 25.6. The Balaban J connectivity index is 1.75. The van der Waals surface area contributed by atoms with Gasteiger partial charge in [0.1, 0.15) is 18.3 Å². The van der Waals surface area contributed by atoms with Crippen molar-refractivity contribution in [2.75, 3.05) is 13.7 Å². The summed E-state index contributed by atoms with van der Waals surface area (Å²) < 4.78 is 21.2. The fourth-order valence-electron chi connectivity index (χ4n) is 3.98. The number of aliphatic hydroxyl groups excluding tert-OH is 2. The predicted molar refractivity (Wildman–Crippen MR) is 107 cm³/mol. The average Bonchev–Trinajstić information content (AvgIpc) is 2.79. The van der Waals surface area contributed by atoms with E-state index in [-0.39, 0.29) is 16.9 Å². The van der Waals surface area contributed by atoms with Crippen molar-refractivity contribution >= 4 is 11.9 Å². The molecule has 0 bridgehead atoms. The molecule has 0 aromatic heterocycles. The first-order chi connectivity index (χ1) is 16.1. The molecule has 2 aromatic rings. The number of ether oxygens (including phenoxy) is 4. The molecule has 0 radical (unpaired) electrons. The van der Waals surface area contributed by atoms with Gasteiger partial charge in [0, 0.05) is 5.56 Å². The number of rotatable bonds is 4. The summed E-state index contributed by atoms with van der Waals surface area (Å²) in [4.78, 5) is 25.3. The molecule has 0 aliphatic carbocycles. The van der Waals surface area contributed by atoms with Crippen LogP contribution in [0.1, 0.15) is 32.4 Å². The number of carbonyl (C=O) groups is 2. The van der Waals surface area contributed by atoms with Crippen LogP contribution in [0.15, 0.2) is 18.2 Å². The highest BCUT2D eigenvalue weighted by Gasteiger charge is 2.54. The zero-order valence-electron chi connectivity index (χ0n) is 17.4. The molecule has 2 aromatic carbocycles. The Morgan fingerprint density at radius 3 is 2.26 bits per heavy atom. The fraction of sp³-hybridized carbons (Fsp3) is 0.333. The number of aliphatic hydroxyl groups is 2. The number of esters is 2. The molecule has 182 valence electrons. The summed E-state index contributed by atoms with van der Waals surface area (Å²) in [5, 5.41) is 69.8. The van der Waals surface area contributed by atoms with Crippen molar-refractivity contribution in [1.29, 1.82) is 0 Å². The van der Waals surface area contributed by atoms with Crippen molar-refractivity contribution in [1.82, 2.24) is 0 Å². The third kappa shape index (κ3) is 3.55. The smallest absolute Gasteiger partial charge is 0.339 e. The van der Waals surface area contributed by atoms with Crippen LogP contribution in [0.5, 0.6) is 34.5 Å². The lowest BCUT2D eigenvalue weighted by Crippen LogP contribution is -2.59. The van der Waals surface area contributed by atoms with Crippen LogP contribution in [-0.2, 0) is 14.2 Å². The maximum atomic E-state index is 12.7. The third-order valence-electron chi connectivity index (χ3n) is 5.62. The third-order valence-corrected chi connectivity index (χ3v) is 5.62. The van der Waals surface area contributed by atoms with Gasteiger partial charge in [0.2, 0.25) is 5.75 Å². The lowest BCUT2D eigenvalue weighted by molar-refractivity contribution is -0.235. The molecule has 5 atom stereocenters. The summed E-state index contributed by atoms with van der Waals surface area (Å²) >= 11 is 0. The maximum Gasteiger partial charge on any atom is 0.339 e. The van der Waals surface area contributed by atoms with Crippen LogP contribution in [0.3, 0.4) is 0 Å². The molecular weight excluding hydrogens is 460 g/mol. The standard InChI is InChI=1S/C21H20O13/c1-31-16-10(25)4-7-12(15(16)28)17-19(34-21(7)30)18(14(27)11(5-22)32-17)33-20(29)6-2-8(23)13(26)9(24)3-6/h2-4,11,14,17-19,22-28H,5H2,1H3/t11-,14-,17+,18+,19+/m1/s1. The minimum atomic E-state index is -1.70. The highest BCUT2D eigenvalue weighted by Crippen LogP contribution is 2.50. The summed E-state index contributed by atoms with van der Waals surface area (Å²) in [5.74, 6) is -6.32. The van der Waals surface area contributed by atoms with Crippen molar-refractivity contribution in [3.63, 3.8) is 0 Å². The fourth-order valence-corrected chi connectivity index (χ4v) is 3.98. The molecule has 0 saturated carbocycles. The van der Waals surface area contributed by atoms with Gasteiger partial charge in [0.25, 0.3) is 0 Å². The minimum Gasteiger partial charge on any atom is -0.504 e. The molecule has 13 nitrogen and oxygen atoms in total. The second-order valence-electron chi connectivity index (χ2n) is 7.61. The molecule has 1 fully saturated rings. The Hall–Kier alpha value is -3.94. The zero-order chi connectivity index (χ0) is 24.9. The van der Waals surface area contributed by atoms with Crippen molar-refractivity contribution in [3.05, 3.63) is 34.9 Å². The second-order valence-corrected chi connectivity index (χ2v) is 7.61. The van der Waals surface area contributed by atoms with Gasteiger partial charge >= 0.3 is 11.9 Å². The number of hydrogen-bond acceptors (Lipinski definition) is 13. The Kier molecular flexibility index (Phi) is 5.77. The monoisotopic (exact) mass is 480 g/mol. The van der Waals surface area contributed by atoms with Gasteiger partial charge in [-0.05, 0) is 18.2 Å². The molecule has 13 heteroatoms. The summed E-state index contributed by atoms with van der Waals surface area (Å²) in [6.07, 6.45) is -7.57. The number of phenols is 5. The number of hydrogen-bond donors (Lipinski definition) is 7. The van der Waals surface area contributed by atoms with Gasteiger partial charge in [0.15, 0.2) is 41.0 Å². The number of carbonyl (C=O) groups excluding carboxylic acids is 2. The van der Waals surface area contributed by atoms with E-state index in [1.54, 1.807) is 0 Å². The van der Waals surface area contributed by atoms with Gasteiger partial charge < -0.3 is 54.7 Å². The minimum absolute atomic E-state index is 0.178. The van der Waals surface area contributed by atoms with Crippen LogP contribution in [0.2, 0.25) is 0 Å². The van der Waals surface area contributed by atoms with Gasteiger partial charge in [0.05, 0.1) is 24.8 Å². The molecule has 0 spiro atoms. The molecule has 2 heterocycles. The number of phenolic OH excluding ortho intramolecular Hbond substituents is 5. The van der Waals surface area contributed by atoms with Crippen molar-refractivity contribution < 1.29 is 64.3 Å². The zero-order valence-corrected chi connectivity index (χ0v) is 17.4. The van der Waals surface area contributed by atoms with Crippen molar-refractivity contribution in [2.24, 2.45) is 0 Å². The molecule has 7 N–H and O–H groups in total. The topological polar surface area (TPSA) is 213 Å². The van der Waals surface area contributed by atoms with Gasteiger partial charge in [-0.15, -0.1) is 0 Å². The Bertz CT molecular complexity index is 1140. The van der Waals surface area contributed by atoms with Crippen LogP contribution in [0, 0.1) is 0 Å². The van der Waals surface area contributed by atoms with E-state index >= 15 is 0 Å². The quantitative estimate of drug-likeness (QED) is 0.223. The predicted octanol–water partition coefficient (Wildman–Crippen LogP) is -0.219. The van der Waals surface area contributed by atoms with E-state index in [4.69, 9.17) is 18.9 Å². The maximum absolute atomic E-state index is 12.7. The number of fused-ring (bicyclic) bond motifs is 3. The Morgan fingerprint density at radius 2 is 1.68 bits per heavy atom. The SMILES string of the molecule is COc1c(O)cc2c(c1O)[C@@H]1O[C@H](CO)[C@@H](O)[C@H](OC(=O)c3cc(O)c(O)c(O)c3)[C@H]1OC2=O. The summed E-state index contributed by atoms with van der Waals surface area (Å²) in [6.45, 7) is -0.752. The molecule has 34 heavy (non-hydrogen) atoms. The highest BCUT2D eigenvalue weighted by molar-refractivity contribution is 5.95. The van der Waals surface area contributed by atoms with E-state index in [1.165, 1.54) is 0 Å². The van der Waals surface area contributed by atoms with Crippen molar-refractivity contribution in [3.8, 4) is 34.5 Å². The summed E-state index contributed by atoms with van der Waals surface area (Å²) in [7, 11) is 1.16. The molecule has 0 amide bonds. The van der Waals surface area contributed by atoms with E-state index in [1.807, 2.05) is 0 Å². The van der Waals surface area contributed by atoms with Crippen LogP contribution in [0.25, 0.3) is 0 Å². The van der Waals surface area contributed by atoms with Crippen LogP contribution >= 0.6 is 0 Å². The Morgan fingerprint density at radius 1 is 1.03 bits per heavy atom.